The molecule has 5 nitrogen and oxygen atoms in total. The van der Waals surface area contributed by atoms with Crippen LogP contribution < -0.4 is 0 Å². The van der Waals surface area contributed by atoms with E-state index >= 15 is 0 Å². The van der Waals surface area contributed by atoms with Crippen LogP contribution >= 0.6 is 11.3 Å². The Labute approximate surface area is 122 Å². The van der Waals surface area contributed by atoms with Gasteiger partial charge < -0.3 is 10.0 Å². The lowest BCUT2D eigenvalue weighted by Crippen LogP contribution is -2.36. The third-order valence-corrected chi connectivity index (χ3v) is 4.64. The fourth-order valence-electron chi connectivity index (χ4n) is 2.75. The molecule has 1 amide bonds. The van der Waals surface area contributed by atoms with Crippen molar-refractivity contribution in [3.63, 3.8) is 0 Å². The maximum Gasteiger partial charge on any atom is 0.306 e. The van der Waals surface area contributed by atoms with Gasteiger partial charge in [0.15, 0.2) is 0 Å². The van der Waals surface area contributed by atoms with Crippen LogP contribution in [0.15, 0.2) is 5.38 Å². The molecule has 1 aliphatic rings. The Balaban J connectivity index is 1.94. The van der Waals surface area contributed by atoms with Gasteiger partial charge in [-0.05, 0) is 26.2 Å². The second-order valence-electron chi connectivity index (χ2n) is 5.45. The highest BCUT2D eigenvalue weighted by Crippen LogP contribution is 2.30. The zero-order valence-corrected chi connectivity index (χ0v) is 12.7. The third kappa shape index (κ3) is 3.56. The number of amides is 1. The van der Waals surface area contributed by atoms with Crippen molar-refractivity contribution in [2.24, 2.45) is 11.8 Å². The Kier molecular flexibility index (Phi) is 4.75. The average Bonchev–Trinajstić information content (AvgIpc) is 2.83. The van der Waals surface area contributed by atoms with Crippen LogP contribution in [0.2, 0.25) is 0 Å². The van der Waals surface area contributed by atoms with Gasteiger partial charge in [0.1, 0.15) is 0 Å². The van der Waals surface area contributed by atoms with Crippen LogP contribution in [0.4, 0.5) is 0 Å². The normalized spacial score (nSPS) is 22.5. The minimum Gasteiger partial charge on any atom is -0.481 e. The topological polar surface area (TPSA) is 70.5 Å². The summed E-state index contributed by atoms with van der Waals surface area (Å²) in [5.74, 6) is -1.26. The number of thiazole rings is 1. The van der Waals surface area contributed by atoms with Crippen LogP contribution in [0.1, 0.15) is 36.4 Å². The molecule has 1 aliphatic carbocycles. The number of hydrogen-bond acceptors (Lipinski definition) is 4. The van der Waals surface area contributed by atoms with Gasteiger partial charge in [0.05, 0.1) is 23.2 Å². The monoisotopic (exact) mass is 296 g/mol. The number of nitrogens with zero attached hydrogens (tertiary/aromatic N) is 2. The average molecular weight is 296 g/mol. The Morgan fingerprint density at radius 3 is 2.75 bits per heavy atom. The van der Waals surface area contributed by atoms with Crippen molar-refractivity contribution < 1.29 is 14.7 Å². The number of aryl methyl sites for hydroxylation is 1. The maximum absolute atomic E-state index is 12.4. The van der Waals surface area contributed by atoms with Gasteiger partial charge in [-0.15, -0.1) is 11.3 Å². The summed E-state index contributed by atoms with van der Waals surface area (Å²) < 4.78 is 0. The molecular weight excluding hydrogens is 276 g/mol. The van der Waals surface area contributed by atoms with E-state index in [1.807, 2.05) is 12.3 Å². The molecule has 1 saturated carbocycles. The molecule has 2 atom stereocenters. The summed E-state index contributed by atoms with van der Waals surface area (Å²) in [5, 5.41) is 12.0. The highest BCUT2D eigenvalue weighted by molar-refractivity contribution is 7.09. The number of carbonyl (C=O) groups excluding carboxylic acids is 1. The number of hydrogen-bond donors (Lipinski definition) is 1. The van der Waals surface area contributed by atoms with Crippen molar-refractivity contribution in [1.82, 2.24) is 9.88 Å². The van der Waals surface area contributed by atoms with E-state index < -0.39 is 5.97 Å². The van der Waals surface area contributed by atoms with E-state index in [0.29, 0.717) is 19.4 Å². The van der Waals surface area contributed by atoms with Crippen molar-refractivity contribution in [3.05, 3.63) is 16.1 Å². The van der Waals surface area contributed by atoms with E-state index in [2.05, 4.69) is 4.98 Å². The molecule has 1 heterocycles. The summed E-state index contributed by atoms with van der Waals surface area (Å²) in [6.45, 7) is 2.44. The second-order valence-corrected chi connectivity index (χ2v) is 6.51. The highest BCUT2D eigenvalue weighted by Gasteiger charge is 2.32. The third-order valence-electron chi connectivity index (χ3n) is 3.81. The Morgan fingerprint density at radius 1 is 1.45 bits per heavy atom. The maximum atomic E-state index is 12.4. The van der Waals surface area contributed by atoms with E-state index in [-0.39, 0.29) is 17.7 Å². The van der Waals surface area contributed by atoms with Crippen molar-refractivity contribution in [2.75, 3.05) is 7.05 Å². The quantitative estimate of drug-likeness (QED) is 0.925. The molecule has 110 valence electrons. The van der Waals surface area contributed by atoms with Gasteiger partial charge in [0, 0.05) is 18.3 Å². The molecule has 1 aromatic rings. The van der Waals surface area contributed by atoms with Gasteiger partial charge >= 0.3 is 5.97 Å². The van der Waals surface area contributed by atoms with Crippen molar-refractivity contribution in [2.45, 2.75) is 39.2 Å². The number of carboxylic acid groups (broad SMARTS) is 1. The summed E-state index contributed by atoms with van der Waals surface area (Å²) in [4.78, 5) is 29.5. The molecule has 6 heteroatoms. The second kappa shape index (κ2) is 6.35. The zero-order valence-electron chi connectivity index (χ0n) is 11.8. The SMILES string of the molecule is Cc1nc(CN(C)C(=O)[C@@H]2CCC[C@@H](C(=O)O)C2)cs1. The molecule has 0 aromatic carbocycles. The van der Waals surface area contributed by atoms with Gasteiger partial charge in [-0.2, -0.15) is 0 Å². The first kappa shape index (κ1) is 15.0. The zero-order chi connectivity index (χ0) is 14.7. The predicted octanol–water partition coefficient (Wildman–Crippen LogP) is 2.30. The van der Waals surface area contributed by atoms with Gasteiger partial charge in [-0.25, -0.2) is 4.98 Å². The fraction of sp³-hybridized carbons (Fsp3) is 0.643. The summed E-state index contributed by atoms with van der Waals surface area (Å²) in [6.07, 6.45) is 2.77. The van der Waals surface area contributed by atoms with E-state index in [1.54, 1.807) is 23.3 Å². The lowest BCUT2D eigenvalue weighted by Gasteiger charge is -2.29. The molecule has 20 heavy (non-hydrogen) atoms. The first-order valence-electron chi connectivity index (χ1n) is 6.86. The van der Waals surface area contributed by atoms with E-state index in [4.69, 9.17) is 5.11 Å². The van der Waals surface area contributed by atoms with Crippen molar-refractivity contribution >= 4 is 23.2 Å². The first-order valence-corrected chi connectivity index (χ1v) is 7.74. The molecule has 0 radical (unpaired) electrons. The first-order chi connectivity index (χ1) is 9.47. The lowest BCUT2D eigenvalue weighted by atomic mass is 9.81. The van der Waals surface area contributed by atoms with Crippen LogP contribution in [-0.2, 0) is 16.1 Å². The van der Waals surface area contributed by atoms with Gasteiger partial charge in [0.25, 0.3) is 0 Å². The van der Waals surface area contributed by atoms with E-state index in [0.717, 1.165) is 23.5 Å². The number of carbonyl (C=O) groups is 2. The Morgan fingerprint density at radius 2 is 2.15 bits per heavy atom. The summed E-state index contributed by atoms with van der Waals surface area (Å²) in [7, 11) is 1.77. The largest absolute Gasteiger partial charge is 0.481 e. The number of rotatable bonds is 4. The van der Waals surface area contributed by atoms with Gasteiger partial charge in [0.2, 0.25) is 5.91 Å². The molecule has 1 aromatic heterocycles. The molecule has 0 aliphatic heterocycles. The van der Waals surface area contributed by atoms with E-state index in [1.165, 1.54) is 0 Å². The predicted molar refractivity (Wildman–Crippen MR) is 76.4 cm³/mol. The number of carboxylic acids is 1. The van der Waals surface area contributed by atoms with Gasteiger partial charge in [-0.3, -0.25) is 9.59 Å². The standard InChI is InChI=1S/C14H20N2O3S/c1-9-15-12(8-20-9)7-16(2)13(17)10-4-3-5-11(6-10)14(18)19/h8,10-11H,3-7H2,1-2H3,(H,18,19)/t10-,11-/m1/s1. The fourth-order valence-corrected chi connectivity index (χ4v) is 3.36. The molecule has 1 N–H and O–H groups in total. The summed E-state index contributed by atoms with van der Waals surface area (Å²) in [6, 6.07) is 0. The molecule has 0 saturated heterocycles. The molecule has 0 bridgehead atoms. The van der Waals surface area contributed by atoms with Crippen LogP contribution in [0.3, 0.4) is 0 Å². The van der Waals surface area contributed by atoms with Crippen molar-refractivity contribution in [1.29, 1.82) is 0 Å². The Hall–Kier alpha value is -1.43. The molecule has 2 rings (SSSR count). The molecule has 1 fully saturated rings. The smallest absolute Gasteiger partial charge is 0.306 e. The van der Waals surface area contributed by atoms with Crippen molar-refractivity contribution in [3.8, 4) is 0 Å². The lowest BCUT2D eigenvalue weighted by molar-refractivity contribution is -0.145. The minimum absolute atomic E-state index is 0.0432. The summed E-state index contributed by atoms with van der Waals surface area (Å²) in [5.41, 5.74) is 0.897. The van der Waals surface area contributed by atoms with Crippen LogP contribution in [0, 0.1) is 18.8 Å². The van der Waals surface area contributed by atoms with Gasteiger partial charge in [-0.1, -0.05) is 6.42 Å². The Bertz CT molecular complexity index is 500. The van der Waals surface area contributed by atoms with Crippen LogP contribution in [-0.4, -0.2) is 33.9 Å². The highest BCUT2D eigenvalue weighted by atomic mass is 32.1. The molecule has 0 unspecified atom stereocenters. The minimum atomic E-state index is -0.778. The van der Waals surface area contributed by atoms with Crippen LogP contribution in [0.5, 0.6) is 0 Å². The number of aromatic nitrogens is 1. The molecular formula is C14H20N2O3S. The van der Waals surface area contributed by atoms with Crippen LogP contribution in [0.25, 0.3) is 0 Å². The number of aliphatic carboxylic acids is 1. The molecule has 0 spiro atoms. The summed E-state index contributed by atoms with van der Waals surface area (Å²) >= 11 is 1.57. The van der Waals surface area contributed by atoms with E-state index in [9.17, 15) is 9.59 Å².